The molecule has 0 aliphatic carbocycles. The molecule has 0 aliphatic heterocycles. The van der Waals surface area contributed by atoms with Crippen molar-refractivity contribution in [3.05, 3.63) is 30.3 Å². The van der Waals surface area contributed by atoms with E-state index < -0.39 is 16.9 Å². The topological polar surface area (TPSA) is 58.6 Å². The lowest BCUT2D eigenvalue weighted by Crippen LogP contribution is -2.55. The molecule has 4 nitrogen and oxygen atoms in total. The molecule has 0 saturated carbocycles. The van der Waals surface area contributed by atoms with Gasteiger partial charge in [-0.05, 0) is 39.8 Å². The number of carboxylic acids is 1. The molecular formula is C15H23NO3. The first kappa shape index (κ1) is 15.5. The molecule has 0 bridgehead atoms. The maximum absolute atomic E-state index is 11.3. The van der Waals surface area contributed by atoms with Crippen LogP contribution in [0.4, 0.5) is 0 Å². The molecule has 0 amide bonds. The number of carbonyl (C=O) groups is 1. The van der Waals surface area contributed by atoms with Crippen molar-refractivity contribution in [1.29, 1.82) is 0 Å². The van der Waals surface area contributed by atoms with Gasteiger partial charge in [0.15, 0.2) is 0 Å². The Morgan fingerprint density at radius 2 is 1.79 bits per heavy atom. The van der Waals surface area contributed by atoms with Gasteiger partial charge in [0.1, 0.15) is 12.4 Å². The highest BCUT2D eigenvalue weighted by molar-refractivity contribution is 5.75. The van der Waals surface area contributed by atoms with E-state index in [4.69, 9.17) is 4.74 Å². The number of nitrogens with one attached hydrogen (secondary N) is 1. The molecule has 4 heteroatoms. The van der Waals surface area contributed by atoms with Crippen LogP contribution in [0.1, 0.15) is 27.7 Å². The van der Waals surface area contributed by atoms with E-state index in [0.29, 0.717) is 13.2 Å². The third kappa shape index (κ3) is 3.96. The van der Waals surface area contributed by atoms with Gasteiger partial charge < -0.3 is 15.2 Å². The third-order valence-corrected chi connectivity index (χ3v) is 3.78. The summed E-state index contributed by atoms with van der Waals surface area (Å²) in [5, 5.41) is 12.5. The van der Waals surface area contributed by atoms with Crippen molar-refractivity contribution in [1.82, 2.24) is 5.32 Å². The molecule has 0 fully saturated rings. The SMILES string of the molecule is CC(C)(NCCOc1ccccc1)C(C)(C)C(=O)O. The monoisotopic (exact) mass is 265 g/mol. The highest BCUT2D eigenvalue weighted by Gasteiger charge is 2.42. The van der Waals surface area contributed by atoms with Gasteiger partial charge in [0.05, 0.1) is 5.41 Å². The minimum Gasteiger partial charge on any atom is -0.492 e. The van der Waals surface area contributed by atoms with Crippen LogP contribution in [0.5, 0.6) is 5.75 Å². The van der Waals surface area contributed by atoms with Crippen LogP contribution >= 0.6 is 0 Å². The van der Waals surface area contributed by atoms with Gasteiger partial charge >= 0.3 is 5.97 Å². The van der Waals surface area contributed by atoms with E-state index in [1.165, 1.54) is 0 Å². The normalized spacial score (nSPS) is 12.2. The summed E-state index contributed by atoms with van der Waals surface area (Å²) in [6, 6.07) is 9.56. The summed E-state index contributed by atoms with van der Waals surface area (Å²) in [5.41, 5.74) is -1.36. The lowest BCUT2D eigenvalue weighted by Gasteiger charge is -2.39. The molecule has 2 N–H and O–H groups in total. The fourth-order valence-electron chi connectivity index (χ4n) is 1.54. The molecule has 1 aromatic carbocycles. The largest absolute Gasteiger partial charge is 0.492 e. The van der Waals surface area contributed by atoms with Crippen LogP contribution in [0.3, 0.4) is 0 Å². The molecule has 0 unspecified atom stereocenters. The van der Waals surface area contributed by atoms with Gasteiger partial charge in [-0.1, -0.05) is 18.2 Å². The Morgan fingerprint density at radius 1 is 1.21 bits per heavy atom. The maximum atomic E-state index is 11.3. The van der Waals surface area contributed by atoms with Crippen molar-refractivity contribution in [2.24, 2.45) is 5.41 Å². The summed E-state index contributed by atoms with van der Waals surface area (Å²) in [4.78, 5) is 11.3. The first-order valence-electron chi connectivity index (χ1n) is 6.43. The van der Waals surface area contributed by atoms with Crippen LogP contribution in [0.15, 0.2) is 30.3 Å². The average Bonchev–Trinajstić information content (AvgIpc) is 2.35. The van der Waals surface area contributed by atoms with Crippen LogP contribution in [0, 0.1) is 5.41 Å². The van der Waals surface area contributed by atoms with E-state index in [0.717, 1.165) is 5.75 Å². The molecule has 0 aliphatic rings. The predicted octanol–water partition coefficient (Wildman–Crippen LogP) is 2.54. The van der Waals surface area contributed by atoms with Gasteiger partial charge in [-0.15, -0.1) is 0 Å². The van der Waals surface area contributed by atoms with E-state index in [9.17, 15) is 9.90 Å². The number of aliphatic carboxylic acids is 1. The van der Waals surface area contributed by atoms with Crippen LogP contribution in [0.25, 0.3) is 0 Å². The first-order valence-corrected chi connectivity index (χ1v) is 6.43. The number of rotatable bonds is 7. The maximum Gasteiger partial charge on any atom is 0.310 e. The second-order valence-corrected chi connectivity index (χ2v) is 5.64. The third-order valence-electron chi connectivity index (χ3n) is 3.78. The fraction of sp³-hybridized carbons (Fsp3) is 0.533. The highest BCUT2D eigenvalue weighted by Crippen LogP contribution is 2.30. The van der Waals surface area contributed by atoms with Gasteiger partial charge in [0, 0.05) is 12.1 Å². The molecule has 0 atom stereocenters. The van der Waals surface area contributed by atoms with Crippen molar-refractivity contribution in [3.8, 4) is 5.75 Å². The van der Waals surface area contributed by atoms with Crippen molar-refractivity contribution in [2.75, 3.05) is 13.2 Å². The Labute approximate surface area is 114 Å². The number of para-hydroxylation sites is 1. The van der Waals surface area contributed by atoms with Crippen molar-refractivity contribution in [3.63, 3.8) is 0 Å². The van der Waals surface area contributed by atoms with Crippen LogP contribution in [-0.2, 0) is 4.79 Å². The number of ether oxygens (including phenoxy) is 1. The lowest BCUT2D eigenvalue weighted by molar-refractivity contribution is -0.151. The van der Waals surface area contributed by atoms with Crippen molar-refractivity contribution >= 4 is 5.97 Å². The number of hydrogen-bond donors (Lipinski definition) is 2. The Morgan fingerprint density at radius 3 is 2.32 bits per heavy atom. The number of carboxylic acid groups (broad SMARTS) is 1. The minimum atomic E-state index is -0.847. The van der Waals surface area contributed by atoms with Crippen LogP contribution < -0.4 is 10.1 Å². The van der Waals surface area contributed by atoms with Crippen molar-refractivity contribution in [2.45, 2.75) is 33.2 Å². The molecule has 0 saturated heterocycles. The Bertz CT molecular complexity index is 413. The molecular weight excluding hydrogens is 242 g/mol. The summed E-state index contributed by atoms with van der Waals surface area (Å²) in [5.74, 6) is 0.00794. The minimum absolute atomic E-state index is 0.503. The molecule has 1 rings (SSSR count). The predicted molar refractivity (Wildman–Crippen MR) is 75.4 cm³/mol. The lowest BCUT2D eigenvalue weighted by atomic mass is 9.74. The zero-order valence-corrected chi connectivity index (χ0v) is 12.1. The Hall–Kier alpha value is -1.55. The van der Waals surface area contributed by atoms with Gasteiger partial charge in [-0.3, -0.25) is 4.79 Å². The summed E-state index contributed by atoms with van der Waals surface area (Å²) in [6.07, 6.45) is 0. The number of hydrogen-bond acceptors (Lipinski definition) is 3. The van der Waals surface area contributed by atoms with Crippen LogP contribution in [0.2, 0.25) is 0 Å². The van der Waals surface area contributed by atoms with Gasteiger partial charge in [-0.2, -0.15) is 0 Å². The summed E-state index contributed by atoms with van der Waals surface area (Å²) < 4.78 is 5.56. The molecule has 0 heterocycles. The van der Waals surface area contributed by atoms with Crippen LogP contribution in [-0.4, -0.2) is 29.8 Å². The molecule has 1 aromatic rings. The smallest absolute Gasteiger partial charge is 0.310 e. The quantitative estimate of drug-likeness (QED) is 0.744. The van der Waals surface area contributed by atoms with E-state index in [1.807, 2.05) is 44.2 Å². The van der Waals surface area contributed by atoms with Gasteiger partial charge in [0.2, 0.25) is 0 Å². The molecule has 106 valence electrons. The standard InChI is InChI=1S/C15H23NO3/c1-14(2,13(17)18)15(3,4)16-10-11-19-12-8-6-5-7-9-12/h5-9,16H,10-11H2,1-4H3,(H,17,18). The molecule has 0 aromatic heterocycles. The summed E-state index contributed by atoms with van der Waals surface area (Å²) >= 11 is 0. The second-order valence-electron chi connectivity index (χ2n) is 5.64. The summed E-state index contributed by atoms with van der Waals surface area (Å²) in [7, 11) is 0. The van der Waals surface area contributed by atoms with E-state index >= 15 is 0 Å². The molecule has 0 spiro atoms. The van der Waals surface area contributed by atoms with Gasteiger partial charge in [-0.25, -0.2) is 0 Å². The molecule has 0 radical (unpaired) electrons. The van der Waals surface area contributed by atoms with Crippen molar-refractivity contribution < 1.29 is 14.6 Å². The second kappa shape index (κ2) is 6.06. The summed E-state index contributed by atoms with van der Waals surface area (Å²) in [6.45, 7) is 8.33. The zero-order valence-electron chi connectivity index (χ0n) is 12.1. The molecule has 19 heavy (non-hydrogen) atoms. The first-order chi connectivity index (χ1) is 8.77. The van der Waals surface area contributed by atoms with Gasteiger partial charge in [0.25, 0.3) is 0 Å². The number of benzene rings is 1. The zero-order chi connectivity index (χ0) is 14.5. The van der Waals surface area contributed by atoms with E-state index in [-0.39, 0.29) is 0 Å². The Balaban J connectivity index is 2.42. The van der Waals surface area contributed by atoms with E-state index in [1.54, 1.807) is 13.8 Å². The van der Waals surface area contributed by atoms with E-state index in [2.05, 4.69) is 5.32 Å². The highest BCUT2D eigenvalue weighted by atomic mass is 16.5. The fourth-order valence-corrected chi connectivity index (χ4v) is 1.54. The average molecular weight is 265 g/mol. The Kier molecular flexibility index (Phi) is 4.95.